The average molecular weight is 296 g/mol. The third-order valence-electron chi connectivity index (χ3n) is 4.76. The number of hydrogen-bond donors (Lipinski definition) is 1. The van der Waals surface area contributed by atoms with Crippen molar-refractivity contribution < 1.29 is 0 Å². The van der Waals surface area contributed by atoms with Crippen LogP contribution in [-0.4, -0.2) is 48.6 Å². The quantitative estimate of drug-likeness (QED) is 0.906. The molecule has 1 fully saturated rings. The molecule has 2 rings (SSSR count). The third kappa shape index (κ3) is 3.53. The summed E-state index contributed by atoms with van der Waals surface area (Å²) in [7, 11) is 2.20. The van der Waals surface area contributed by atoms with E-state index >= 15 is 0 Å². The van der Waals surface area contributed by atoms with Gasteiger partial charge in [0.25, 0.3) is 0 Å². The molecule has 1 heterocycles. The summed E-state index contributed by atoms with van der Waals surface area (Å²) in [6.07, 6.45) is 2.31. The molecule has 20 heavy (non-hydrogen) atoms. The van der Waals surface area contributed by atoms with E-state index in [9.17, 15) is 0 Å². The molecule has 4 heteroatoms. The van der Waals surface area contributed by atoms with Crippen LogP contribution in [0.1, 0.15) is 25.3 Å². The van der Waals surface area contributed by atoms with Crippen molar-refractivity contribution in [1.82, 2.24) is 9.80 Å². The van der Waals surface area contributed by atoms with Gasteiger partial charge in [0.2, 0.25) is 0 Å². The highest BCUT2D eigenvalue weighted by Gasteiger charge is 2.36. The van der Waals surface area contributed by atoms with Crippen molar-refractivity contribution in [2.24, 2.45) is 5.73 Å². The van der Waals surface area contributed by atoms with Gasteiger partial charge in [-0.2, -0.15) is 0 Å². The van der Waals surface area contributed by atoms with Crippen LogP contribution in [0, 0.1) is 0 Å². The van der Waals surface area contributed by atoms with Crippen molar-refractivity contribution in [3.05, 3.63) is 34.9 Å². The van der Waals surface area contributed by atoms with Crippen LogP contribution >= 0.6 is 11.6 Å². The standard InChI is InChI=1S/C16H26ClN3/c1-3-20-10-8-16(13-18,9-11-20)19(2)12-14-4-6-15(17)7-5-14/h4-7H,3,8-13,18H2,1-2H3. The van der Waals surface area contributed by atoms with Crippen LogP contribution in [0.15, 0.2) is 24.3 Å². The van der Waals surface area contributed by atoms with E-state index in [1.165, 1.54) is 5.56 Å². The monoisotopic (exact) mass is 295 g/mol. The largest absolute Gasteiger partial charge is 0.329 e. The molecule has 1 aliphatic rings. The molecule has 1 saturated heterocycles. The molecule has 0 unspecified atom stereocenters. The summed E-state index contributed by atoms with van der Waals surface area (Å²) in [6.45, 7) is 7.33. The fourth-order valence-corrected chi connectivity index (χ4v) is 3.18. The van der Waals surface area contributed by atoms with Gasteiger partial charge in [-0.1, -0.05) is 30.7 Å². The Bertz CT molecular complexity index is 410. The van der Waals surface area contributed by atoms with Crippen LogP contribution in [0.25, 0.3) is 0 Å². The maximum absolute atomic E-state index is 6.12. The Balaban J connectivity index is 2.02. The van der Waals surface area contributed by atoms with Gasteiger partial charge in [-0.05, 0) is 57.2 Å². The topological polar surface area (TPSA) is 32.5 Å². The van der Waals surface area contributed by atoms with E-state index in [4.69, 9.17) is 17.3 Å². The molecule has 0 aliphatic carbocycles. The smallest absolute Gasteiger partial charge is 0.0406 e. The van der Waals surface area contributed by atoms with Crippen molar-refractivity contribution in [2.45, 2.75) is 31.8 Å². The molecule has 0 saturated carbocycles. The molecule has 112 valence electrons. The molecule has 0 atom stereocenters. The van der Waals surface area contributed by atoms with Gasteiger partial charge in [-0.25, -0.2) is 0 Å². The minimum absolute atomic E-state index is 0.144. The van der Waals surface area contributed by atoms with Gasteiger partial charge in [0, 0.05) is 23.7 Å². The molecule has 2 N–H and O–H groups in total. The molecule has 0 spiro atoms. The first-order valence-electron chi connectivity index (χ1n) is 7.48. The predicted octanol–water partition coefficient (Wildman–Crippen LogP) is 2.59. The molecule has 0 amide bonds. The molecule has 0 aromatic heterocycles. The highest BCUT2D eigenvalue weighted by molar-refractivity contribution is 6.30. The summed E-state index contributed by atoms with van der Waals surface area (Å²) >= 11 is 5.94. The summed E-state index contributed by atoms with van der Waals surface area (Å²) < 4.78 is 0. The summed E-state index contributed by atoms with van der Waals surface area (Å²) in [6, 6.07) is 8.12. The van der Waals surface area contributed by atoms with Crippen LogP contribution in [0.4, 0.5) is 0 Å². The van der Waals surface area contributed by atoms with E-state index in [1.54, 1.807) is 0 Å². The highest BCUT2D eigenvalue weighted by Crippen LogP contribution is 2.28. The van der Waals surface area contributed by atoms with E-state index in [-0.39, 0.29) is 5.54 Å². The van der Waals surface area contributed by atoms with E-state index in [0.29, 0.717) is 0 Å². The van der Waals surface area contributed by atoms with Crippen LogP contribution in [-0.2, 0) is 6.54 Å². The maximum Gasteiger partial charge on any atom is 0.0406 e. The summed E-state index contributed by atoms with van der Waals surface area (Å²) in [4.78, 5) is 4.94. The van der Waals surface area contributed by atoms with E-state index in [0.717, 1.165) is 50.6 Å². The zero-order valence-corrected chi connectivity index (χ0v) is 13.4. The fraction of sp³-hybridized carbons (Fsp3) is 0.625. The van der Waals surface area contributed by atoms with E-state index < -0.39 is 0 Å². The second-order valence-corrected chi connectivity index (χ2v) is 6.28. The highest BCUT2D eigenvalue weighted by atomic mass is 35.5. The zero-order chi connectivity index (χ0) is 14.6. The van der Waals surface area contributed by atoms with Crippen molar-refractivity contribution in [3.8, 4) is 0 Å². The molecule has 0 radical (unpaired) electrons. The van der Waals surface area contributed by atoms with Crippen molar-refractivity contribution in [3.63, 3.8) is 0 Å². The Kier molecular flexibility index (Phi) is 5.44. The lowest BCUT2D eigenvalue weighted by Crippen LogP contribution is -2.57. The van der Waals surface area contributed by atoms with Gasteiger partial charge in [0.1, 0.15) is 0 Å². The lowest BCUT2D eigenvalue weighted by Gasteiger charge is -2.47. The molecule has 1 aromatic rings. The van der Waals surface area contributed by atoms with Gasteiger partial charge < -0.3 is 10.6 Å². The number of rotatable bonds is 5. The molecule has 1 aromatic carbocycles. The Hall–Kier alpha value is -0.610. The number of halogens is 1. The summed E-state index contributed by atoms with van der Waals surface area (Å²) in [5, 5.41) is 0.793. The lowest BCUT2D eigenvalue weighted by atomic mass is 9.85. The van der Waals surface area contributed by atoms with Crippen molar-refractivity contribution in [2.75, 3.05) is 33.2 Å². The number of piperidine rings is 1. The number of nitrogens with two attached hydrogens (primary N) is 1. The number of nitrogens with zero attached hydrogens (tertiary/aromatic N) is 2. The van der Waals surface area contributed by atoms with Gasteiger partial charge in [-0.15, -0.1) is 0 Å². The SMILES string of the molecule is CCN1CCC(CN)(N(C)Cc2ccc(Cl)cc2)CC1. The van der Waals surface area contributed by atoms with Gasteiger partial charge >= 0.3 is 0 Å². The van der Waals surface area contributed by atoms with Crippen LogP contribution in [0.2, 0.25) is 5.02 Å². The summed E-state index contributed by atoms with van der Waals surface area (Å²) in [5.41, 5.74) is 7.56. The van der Waals surface area contributed by atoms with Gasteiger partial charge in [0.15, 0.2) is 0 Å². The van der Waals surface area contributed by atoms with Crippen LogP contribution in [0.3, 0.4) is 0 Å². The van der Waals surface area contributed by atoms with Gasteiger partial charge in [-0.3, -0.25) is 4.90 Å². The number of likely N-dealkylation sites (tertiary alicyclic amines) is 1. The van der Waals surface area contributed by atoms with E-state index in [1.807, 2.05) is 12.1 Å². The second-order valence-electron chi connectivity index (χ2n) is 5.85. The maximum atomic E-state index is 6.12. The van der Waals surface area contributed by atoms with Gasteiger partial charge in [0.05, 0.1) is 0 Å². The zero-order valence-electron chi connectivity index (χ0n) is 12.6. The molecule has 1 aliphatic heterocycles. The first kappa shape index (κ1) is 15.8. The first-order chi connectivity index (χ1) is 9.59. The fourth-order valence-electron chi connectivity index (χ4n) is 3.06. The van der Waals surface area contributed by atoms with Crippen LogP contribution in [0.5, 0.6) is 0 Å². The Morgan fingerprint density at radius 3 is 2.35 bits per heavy atom. The minimum Gasteiger partial charge on any atom is -0.329 e. The van der Waals surface area contributed by atoms with Crippen molar-refractivity contribution >= 4 is 11.6 Å². The number of hydrogen-bond acceptors (Lipinski definition) is 3. The van der Waals surface area contributed by atoms with Crippen molar-refractivity contribution in [1.29, 1.82) is 0 Å². The van der Waals surface area contributed by atoms with E-state index in [2.05, 4.69) is 35.9 Å². The lowest BCUT2D eigenvalue weighted by molar-refractivity contribution is 0.0419. The minimum atomic E-state index is 0.144. The Morgan fingerprint density at radius 1 is 1.25 bits per heavy atom. The first-order valence-corrected chi connectivity index (χ1v) is 7.85. The Morgan fingerprint density at radius 2 is 1.85 bits per heavy atom. The molecule has 0 bridgehead atoms. The predicted molar refractivity (Wildman–Crippen MR) is 86.1 cm³/mol. The Labute approximate surface area is 127 Å². The summed E-state index contributed by atoms with van der Waals surface area (Å²) in [5.74, 6) is 0. The molecular formula is C16H26ClN3. The van der Waals surface area contributed by atoms with Crippen LogP contribution < -0.4 is 5.73 Å². The molecular weight excluding hydrogens is 270 g/mol. The number of likely N-dealkylation sites (N-methyl/N-ethyl adjacent to an activating group) is 1. The number of benzene rings is 1. The average Bonchev–Trinajstić information content (AvgIpc) is 2.49. The third-order valence-corrected chi connectivity index (χ3v) is 5.01. The normalized spacial score (nSPS) is 19.4. The molecule has 3 nitrogen and oxygen atoms in total. The second kappa shape index (κ2) is 6.90.